The topological polar surface area (TPSA) is 143 Å². The van der Waals surface area contributed by atoms with Gasteiger partial charge in [0.05, 0.1) is 12.7 Å². The highest BCUT2D eigenvalue weighted by Crippen LogP contribution is 2.12. The average molecular weight is 575 g/mol. The van der Waals surface area contributed by atoms with Gasteiger partial charge in [-0.1, -0.05) is 26.8 Å². The lowest BCUT2D eigenvalue weighted by Crippen LogP contribution is -2.53. The third kappa shape index (κ3) is 11.0. The molecule has 0 unspecified atom stereocenters. The normalized spacial score (nSPS) is 12.5. The molecule has 2 aromatic carbocycles. The minimum absolute atomic E-state index is 0.0582. The van der Waals surface area contributed by atoms with Crippen LogP contribution in [0.15, 0.2) is 42.5 Å². The van der Waals surface area contributed by atoms with Crippen molar-refractivity contribution in [2.24, 2.45) is 5.41 Å². The lowest BCUT2D eigenvalue weighted by atomic mass is 9.97. The Labute approximate surface area is 237 Å². The first-order valence-corrected chi connectivity index (χ1v) is 13.0. The second-order valence-electron chi connectivity index (χ2n) is 10.7. The summed E-state index contributed by atoms with van der Waals surface area (Å²) >= 11 is 0. The first-order chi connectivity index (χ1) is 19.2. The molecule has 2 aromatic rings. The largest absolute Gasteiger partial charge is 0.465 e. The van der Waals surface area contributed by atoms with Gasteiger partial charge >= 0.3 is 5.97 Å². The summed E-state index contributed by atoms with van der Waals surface area (Å²) in [6.45, 7) is 7.42. The number of hydrogen-bond acceptors (Lipinski definition) is 6. The number of nitrogens with one attached hydrogen (secondary N) is 4. The van der Waals surface area contributed by atoms with Crippen molar-refractivity contribution >= 4 is 29.6 Å². The van der Waals surface area contributed by atoms with Gasteiger partial charge in [0.1, 0.15) is 23.7 Å². The second-order valence-corrected chi connectivity index (χ2v) is 10.7. The number of ether oxygens (including phenoxy) is 1. The molecule has 0 heterocycles. The predicted molar refractivity (Wildman–Crippen MR) is 147 cm³/mol. The smallest absolute Gasteiger partial charge is 0.337 e. The number of hydrogen-bond donors (Lipinski definition) is 4. The Morgan fingerprint density at radius 3 is 2.10 bits per heavy atom. The summed E-state index contributed by atoms with van der Waals surface area (Å²) in [5, 5.41) is 10.3. The Morgan fingerprint density at radius 2 is 1.51 bits per heavy atom. The summed E-state index contributed by atoms with van der Waals surface area (Å²) in [7, 11) is 1.23. The monoisotopic (exact) mass is 574 g/mol. The van der Waals surface area contributed by atoms with E-state index in [1.165, 1.54) is 44.4 Å². The molecular weight excluding hydrogens is 538 g/mol. The number of carbonyl (C=O) groups is 5. The fourth-order valence-electron chi connectivity index (χ4n) is 3.49. The van der Waals surface area contributed by atoms with Crippen LogP contribution in [0.25, 0.3) is 0 Å². The maximum Gasteiger partial charge on any atom is 0.337 e. The molecule has 4 amide bonds. The van der Waals surface area contributed by atoms with Crippen LogP contribution in [0, 0.1) is 17.0 Å². The molecule has 0 aromatic heterocycles. The summed E-state index contributed by atoms with van der Waals surface area (Å²) in [5.41, 5.74) is 0.285. The molecule has 0 bridgehead atoms. The second kappa shape index (κ2) is 14.9. The minimum Gasteiger partial charge on any atom is -0.465 e. The van der Waals surface area contributed by atoms with Gasteiger partial charge in [-0.15, -0.1) is 0 Å². The van der Waals surface area contributed by atoms with E-state index in [-0.39, 0.29) is 47.4 Å². The highest BCUT2D eigenvalue weighted by atomic mass is 19.1. The third-order valence-corrected chi connectivity index (χ3v) is 5.89. The van der Waals surface area contributed by atoms with E-state index in [9.17, 15) is 32.8 Å². The van der Waals surface area contributed by atoms with Gasteiger partial charge in [-0.3, -0.25) is 19.2 Å². The van der Waals surface area contributed by atoms with Crippen LogP contribution in [0.2, 0.25) is 0 Å². The molecule has 0 saturated carbocycles. The highest BCUT2D eigenvalue weighted by Gasteiger charge is 2.26. The molecule has 0 saturated heterocycles. The molecule has 0 radical (unpaired) electrons. The first-order valence-electron chi connectivity index (χ1n) is 13.0. The molecule has 4 N–H and O–H groups in total. The zero-order valence-corrected chi connectivity index (χ0v) is 23.7. The van der Waals surface area contributed by atoms with Crippen molar-refractivity contribution < 1.29 is 37.5 Å². The van der Waals surface area contributed by atoms with Gasteiger partial charge in [-0.2, -0.15) is 0 Å². The molecule has 0 aliphatic rings. The van der Waals surface area contributed by atoms with E-state index in [0.29, 0.717) is 12.6 Å². The van der Waals surface area contributed by atoms with Crippen LogP contribution in [0.5, 0.6) is 0 Å². The van der Waals surface area contributed by atoms with Gasteiger partial charge in [0.15, 0.2) is 0 Å². The average Bonchev–Trinajstić information content (AvgIpc) is 2.92. The van der Waals surface area contributed by atoms with E-state index >= 15 is 0 Å². The summed E-state index contributed by atoms with van der Waals surface area (Å²) in [5.74, 6) is -4.48. The predicted octanol–water partition coefficient (Wildman–Crippen LogP) is 2.61. The Hall–Kier alpha value is -4.35. The number of halogens is 2. The number of benzene rings is 2. The molecule has 2 atom stereocenters. The van der Waals surface area contributed by atoms with E-state index in [0.717, 1.165) is 6.07 Å². The third-order valence-electron chi connectivity index (χ3n) is 5.89. The molecule has 222 valence electrons. The maximum absolute atomic E-state index is 13.9. The zero-order chi connectivity index (χ0) is 30.7. The fraction of sp³-hybridized carbons (Fsp3) is 0.414. The number of amides is 4. The van der Waals surface area contributed by atoms with Crippen LogP contribution in [-0.4, -0.2) is 55.3 Å². The van der Waals surface area contributed by atoms with Gasteiger partial charge in [0, 0.05) is 36.7 Å². The highest BCUT2D eigenvalue weighted by molar-refractivity contribution is 5.99. The van der Waals surface area contributed by atoms with E-state index in [1.807, 2.05) is 20.8 Å². The molecule has 10 nitrogen and oxygen atoms in total. The standard InChI is InChI=1S/C29H36F2N4O6/c1-17(25(37)32-15-20-10-11-21(30)14-22(20)31)34-27(39)23(12-13-24(36)33-16-29(2,3)4)35-26(38)18-6-8-19(9-7-18)28(40)41-5/h6-11,14,17,23H,12-13,15-16H2,1-5H3,(H,32,37)(H,33,36)(H,34,39)(H,35,38)/t17-,23-/m0/s1. The SMILES string of the molecule is COC(=O)c1ccc(C(=O)N[C@@H](CCC(=O)NCC(C)(C)C)C(=O)N[C@@H](C)C(=O)NCc2ccc(F)cc2F)cc1. The number of rotatable bonds is 12. The lowest BCUT2D eigenvalue weighted by molar-refractivity contribution is -0.130. The number of methoxy groups -OCH3 is 1. The summed E-state index contributed by atoms with van der Waals surface area (Å²) in [6, 6.07) is 6.24. The van der Waals surface area contributed by atoms with Gasteiger partial charge in [-0.05, 0) is 49.1 Å². The van der Waals surface area contributed by atoms with Crippen LogP contribution in [0.4, 0.5) is 8.78 Å². The molecule has 0 spiro atoms. The molecule has 0 aliphatic carbocycles. The fourth-order valence-corrected chi connectivity index (χ4v) is 3.49. The van der Waals surface area contributed by atoms with Gasteiger partial charge in [0.2, 0.25) is 17.7 Å². The van der Waals surface area contributed by atoms with Gasteiger partial charge in [0.25, 0.3) is 5.91 Å². The Balaban J connectivity index is 2.08. The Morgan fingerprint density at radius 1 is 0.878 bits per heavy atom. The quantitative estimate of drug-likeness (QED) is 0.287. The molecule has 0 aliphatic heterocycles. The Kier molecular flexibility index (Phi) is 11.9. The maximum atomic E-state index is 13.9. The number of esters is 1. The van der Waals surface area contributed by atoms with Gasteiger partial charge < -0.3 is 26.0 Å². The molecule has 12 heteroatoms. The van der Waals surface area contributed by atoms with Crippen molar-refractivity contribution in [2.45, 2.75) is 59.2 Å². The molecule has 2 rings (SSSR count). The van der Waals surface area contributed by atoms with Crippen molar-refractivity contribution in [1.82, 2.24) is 21.3 Å². The molecule has 0 fully saturated rings. The van der Waals surface area contributed by atoms with E-state index < -0.39 is 47.4 Å². The van der Waals surface area contributed by atoms with E-state index in [1.54, 1.807) is 0 Å². The van der Waals surface area contributed by atoms with Crippen molar-refractivity contribution in [2.75, 3.05) is 13.7 Å². The van der Waals surface area contributed by atoms with Crippen molar-refractivity contribution in [1.29, 1.82) is 0 Å². The van der Waals surface area contributed by atoms with Crippen LogP contribution < -0.4 is 21.3 Å². The van der Waals surface area contributed by atoms with Crippen LogP contribution in [-0.2, 0) is 25.7 Å². The van der Waals surface area contributed by atoms with Crippen molar-refractivity contribution in [3.05, 3.63) is 70.8 Å². The lowest BCUT2D eigenvalue weighted by Gasteiger charge is -2.22. The minimum atomic E-state index is -1.19. The zero-order valence-electron chi connectivity index (χ0n) is 23.7. The van der Waals surface area contributed by atoms with E-state index in [4.69, 9.17) is 0 Å². The first kappa shape index (κ1) is 32.9. The van der Waals surface area contributed by atoms with Crippen LogP contribution >= 0.6 is 0 Å². The Bertz CT molecular complexity index is 1260. The molecule has 41 heavy (non-hydrogen) atoms. The summed E-state index contributed by atoms with van der Waals surface area (Å²) in [6.07, 6.45) is -0.150. The van der Waals surface area contributed by atoms with Crippen LogP contribution in [0.3, 0.4) is 0 Å². The van der Waals surface area contributed by atoms with Crippen molar-refractivity contribution in [3.63, 3.8) is 0 Å². The summed E-state index contributed by atoms with van der Waals surface area (Å²) in [4.78, 5) is 62.6. The number of carbonyl (C=O) groups excluding carboxylic acids is 5. The van der Waals surface area contributed by atoms with Crippen LogP contribution in [0.1, 0.15) is 66.8 Å². The van der Waals surface area contributed by atoms with E-state index in [2.05, 4.69) is 26.0 Å². The summed E-state index contributed by atoms with van der Waals surface area (Å²) < 4.78 is 31.6. The van der Waals surface area contributed by atoms with Crippen molar-refractivity contribution in [3.8, 4) is 0 Å². The van der Waals surface area contributed by atoms with Gasteiger partial charge in [-0.25, -0.2) is 13.6 Å². The molecular formula is C29H36F2N4O6.